The van der Waals surface area contributed by atoms with Crippen molar-refractivity contribution < 1.29 is 4.79 Å². The van der Waals surface area contributed by atoms with Gasteiger partial charge < -0.3 is 15.2 Å². The molecule has 1 aromatic carbocycles. The van der Waals surface area contributed by atoms with Gasteiger partial charge in [0.25, 0.3) is 0 Å². The molecule has 3 aromatic heterocycles. The van der Waals surface area contributed by atoms with Crippen LogP contribution in [0.1, 0.15) is 12.8 Å². The lowest BCUT2D eigenvalue weighted by Crippen LogP contribution is -2.43. The van der Waals surface area contributed by atoms with E-state index in [9.17, 15) is 4.79 Å². The van der Waals surface area contributed by atoms with Crippen LogP contribution in [0.25, 0.3) is 33.2 Å². The number of carbonyl (C=O) groups is 1. The smallest absolute Gasteiger partial charge is 0.224 e. The second-order valence-electron chi connectivity index (χ2n) is 7.07. The molecule has 4 heterocycles. The van der Waals surface area contributed by atoms with Crippen molar-refractivity contribution in [2.45, 2.75) is 18.9 Å². The molecule has 0 spiro atoms. The molecule has 28 heavy (non-hydrogen) atoms. The molecule has 0 unspecified atom stereocenters. The van der Waals surface area contributed by atoms with Crippen molar-refractivity contribution in [1.29, 1.82) is 0 Å². The maximum atomic E-state index is 11.6. The molecular formula is C20H19N7O. The van der Waals surface area contributed by atoms with Gasteiger partial charge in [-0.2, -0.15) is 4.98 Å². The monoisotopic (exact) mass is 373 g/mol. The number of fused-ring (bicyclic) bond motifs is 2. The molecule has 2 N–H and O–H groups in total. The minimum Gasteiger partial charge on any atom is -0.350 e. The summed E-state index contributed by atoms with van der Waals surface area (Å²) in [4.78, 5) is 34.4. The highest BCUT2D eigenvalue weighted by Gasteiger charge is 2.23. The van der Waals surface area contributed by atoms with Gasteiger partial charge in [-0.3, -0.25) is 14.8 Å². The number of benzene rings is 1. The van der Waals surface area contributed by atoms with Crippen LogP contribution in [0.4, 0.5) is 5.95 Å². The van der Waals surface area contributed by atoms with Crippen molar-refractivity contribution in [3.63, 3.8) is 0 Å². The molecule has 140 valence electrons. The summed E-state index contributed by atoms with van der Waals surface area (Å²) in [5, 5.41) is 4.29. The van der Waals surface area contributed by atoms with Crippen molar-refractivity contribution in [2.24, 2.45) is 0 Å². The summed E-state index contributed by atoms with van der Waals surface area (Å²) in [6.07, 6.45) is 8.49. The zero-order valence-electron chi connectivity index (χ0n) is 15.4. The van der Waals surface area contributed by atoms with Crippen molar-refractivity contribution >= 4 is 33.9 Å². The topological polar surface area (TPSA) is 99.7 Å². The molecule has 1 atom stereocenters. The van der Waals surface area contributed by atoms with Crippen molar-refractivity contribution in [2.75, 3.05) is 18.9 Å². The van der Waals surface area contributed by atoms with Crippen LogP contribution in [0.15, 0.2) is 43.0 Å². The molecule has 0 aliphatic carbocycles. The second kappa shape index (κ2) is 6.56. The van der Waals surface area contributed by atoms with Crippen LogP contribution in [-0.4, -0.2) is 55.4 Å². The van der Waals surface area contributed by atoms with Crippen molar-refractivity contribution in [3.05, 3.63) is 43.0 Å². The number of anilines is 1. The number of nitrogens with zero attached hydrogens (tertiary/aromatic N) is 5. The van der Waals surface area contributed by atoms with E-state index in [2.05, 4.69) is 30.2 Å². The van der Waals surface area contributed by atoms with E-state index in [0.29, 0.717) is 18.9 Å². The summed E-state index contributed by atoms with van der Waals surface area (Å²) in [6, 6.07) is 6.18. The quantitative estimate of drug-likeness (QED) is 0.573. The van der Waals surface area contributed by atoms with E-state index < -0.39 is 0 Å². The fraction of sp³-hybridized carbons (Fsp3) is 0.250. The third kappa shape index (κ3) is 2.92. The minimum atomic E-state index is 0.161. The zero-order chi connectivity index (χ0) is 19.1. The summed E-state index contributed by atoms with van der Waals surface area (Å²) in [5.41, 5.74) is 4.55. The van der Waals surface area contributed by atoms with Crippen LogP contribution in [0, 0.1) is 0 Å². The highest BCUT2D eigenvalue weighted by Crippen LogP contribution is 2.29. The first-order valence-corrected chi connectivity index (χ1v) is 9.23. The van der Waals surface area contributed by atoms with Gasteiger partial charge in [0.05, 0.1) is 11.0 Å². The Morgan fingerprint density at radius 2 is 2.04 bits per heavy atom. The van der Waals surface area contributed by atoms with E-state index >= 15 is 0 Å². The Hall–Kier alpha value is -3.55. The van der Waals surface area contributed by atoms with Crippen LogP contribution in [0.5, 0.6) is 0 Å². The predicted octanol–water partition coefficient (Wildman–Crippen LogP) is 2.60. The predicted molar refractivity (Wildman–Crippen MR) is 107 cm³/mol. The molecule has 1 amide bonds. The standard InChI is InChI=1S/C20H19N7O/c1-27-11-13(3-5-18(27)28)25-20-24-10-15-14(9-23-19(15)26-20)12-2-4-16-17(8-12)22-7-6-21-16/h2,4,6-10,13H,3,5,11H2,1H3,(H2,23,24,25,26)/t13-/m0/s1. The number of likely N-dealkylation sites (tertiary alicyclic amines) is 1. The van der Waals surface area contributed by atoms with Crippen molar-refractivity contribution in [3.8, 4) is 11.1 Å². The van der Waals surface area contributed by atoms with Crippen LogP contribution in [-0.2, 0) is 4.79 Å². The molecule has 8 heteroatoms. The van der Waals surface area contributed by atoms with Gasteiger partial charge in [-0.05, 0) is 24.1 Å². The van der Waals surface area contributed by atoms with Crippen LogP contribution < -0.4 is 5.32 Å². The summed E-state index contributed by atoms with van der Waals surface area (Å²) in [7, 11) is 1.82. The molecular weight excluding hydrogens is 354 g/mol. The number of hydrogen-bond acceptors (Lipinski definition) is 6. The molecule has 1 fully saturated rings. The molecule has 0 radical (unpaired) electrons. The number of aromatic nitrogens is 5. The molecule has 0 bridgehead atoms. The SMILES string of the molecule is CN1C[C@@H](Nc2ncc3c(-c4ccc5nccnc5c4)c[nH]c3n2)CCC1=O. The third-order valence-electron chi connectivity index (χ3n) is 5.17. The van der Waals surface area contributed by atoms with E-state index in [-0.39, 0.29) is 11.9 Å². The number of H-pyrrole nitrogens is 1. The van der Waals surface area contributed by atoms with Gasteiger partial charge in [0, 0.05) is 61.8 Å². The fourth-order valence-corrected chi connectivity index (χ4v) is 3.66. The first kappa shape index (κ1) is 16.6. The normalized spacial score (nSPS) is 17.4. The van der Waals surface area contributed by atoms with Gasteiger partial charge >= 0.3 is 0 Å². The van der Waals surface area contributed by atoms with Gasteiger partial charge in [0.2, 0.25) is 11.9 Å². The molecule has 1 aliphatic heterocycles. The highest BCUT2D eigenvalue weighted by molar-refractivity contribution is 5.95. The average Bonchev–Trinajstić information content (AvgIpc) is 3.14. The molecule has 0 saturated carbocycles. The number of amides is 1. The molecule has 1 aliphatic rings. The Morgan fingerprint density at radius 1 is 1.18 bits per heavy atom. The summed E-state index contributed by atoms with van der Waals surface area (Å²) < 4.78 is 0. The Bertz CT molecular complexity index is 1190. The highest BCUT2D eigenvalue weighted by atomic mass is 16.2. The van der Waals surface area contributed by atoms with E-state index in [0.717, 1.165) is 39.6 Å². The average molecular weight is 373 g/mol. The summed E-state index contributed by atoms with van der Waals surface area (Å²) in [5.74, 6) is 0.751. The van der Waals surface area contributed by atoms with Gasteiger partial charge in [-0.25, -0.2) is 4.98 Å². The van der Waals surface area contributed by atoms with E-state index in [1.54, 1.807) is 17.3 Å². The minimum absolute atomic E-state index is 0.161. The van der Waals surface area contributed by atoms with Crippen LogP contribution >= 0.6 is 0 Å². The number of aromatic amines is 1. The molecule has 8 nitrogen and oxygen atoms in total. The van der Waals surface area contributed by atoms with Gasteiger partial charge in [-0.15, -0.1) is 0 Å². The van der Waals surface area contributed by atoms with Crippen LogP contribution in [0.2, 0.25) is 0 Å². The number of hydrogen-bond donors (Lipinski definition) is 2. The lowest BCUT2D eigenvalue weighted by molar-refractivity contribution is -0.132. The molecule has 4 aromatic rings. The Balaban J connectivity index is 1.43. The summed E-state index contributed by atoms with van der Waals surface area (Å²) in [6.45, 7) is 0.661. The number of nitrogens with one attached hydrogen (secondary N) is 2. The number of rotatable bonds is 3. The molecule has 1 saturated heterocycles. The number of piperidine rings is 1. The van der Waals surface area contributed by atoms with E-state index in [1.165, 1.54) is 0 Å². The van der Waals surface area contributed by atoms with Crippen LogP contribution in [0.3, 0.4) is 0 Å². The first-order valence-electron chi connectivity index (χ1n) is 9.23. The Kier molecular flexibility index (Phi) is 3.89. The third-order valence-corrected chi connectivity index (χ3v) is 5.17. The van der Waals surface area contributed by atoms with Gasteiger partial charge in [-0.1, -0.05) is 6.07 Å². The fourth-order valence-electron chi connectivity index (χ4n) is 3.66. The Labute approximate surface area is 161 Å². The first-order chi connectivity index (χ1) is 13.7. The zero-order valence-corrected chi connectivity index (χ0v) is 15.4. The molecule has 5 rings (SSSR count). The Morgan fingerprint density at radius 3 is 2.89 bits per heavy atom. The van der Waals surface area contributed by atoms with E-state index in [4.69, 9.17) is 0 Å². The van der Waals surface area contributed by atoms with Crippen molar-refractivity contribution in [1.82, 2.24) is 29.8 Å². The van der Waals surface area contributed by atoms with Gasteiger partial charge in [0.15, 0.2) is 0 Å². The van der Waals surface area contributed by atoms with Gasteiger partial charge in [0.1, 0.15) is 5.65 Å². The number of likely N-dealkylation sites (N-methyl/N-ethyl adjacent to an activating group) is 1. The second-order valence-corrected chi connectivity index (χ2v) is 7.07. The number of carbonyl (C=O) groups excluding carboxylic acids is 1. The lowest BCUT2D eigenvalue weighted by Gasteiger charge is -2.30. The summed E-state index contributed by atoms with van der Waals surface area (Å²) >= 11 is 0. The maximum absolute atomic E-state index is 11.6. The maximum Gasteiger partial charge on any atom is 0.224 e. The van der Waals surface area contributed by atoms with E-state index in [1.807, 2.05) is 37.6 Å². The largest absolute Gasteiger partial charge is 0.350 e. The lowest BCUT2D eigenvalue weighted by atomic mass is 10.1.